The van der Waals surface area contributed by atoms with E-state index in [1.807, 2.05) is 19.1 Å². The van der Waals surface area contributed by atoms with Gasteiger partial charge in [0.15, 0.2) is 23.0 Å². The molecule has 4 unspecified atom stereocenters. The molecule has 6 rings (SSSR count). The Morgan fingerprint density at radius 2 is 0.957 bits per heavy atom. The van der Waals surface area contributed by atoms with Crippen molar-refractivity contribution >= 4 is 11.9 Å². The van der Waals surface area contributed by atoms with E-state index in [-0.39, 0.29) is 38.1 Å². The molecule has 0 N–H and O–H groups in total. The number of nitrogens with zero attached hydrogens (tertiary/aromatic N) is 2. The van der Waals surface area contributed by atoms with Crippen LogP contribution in [0.5, 0.6) is 46.0 Å². The van der Waals surface area contributed by atoms with Crippen molar-refractivity contribution in [3.8, 4) is 46.0 Å². The second-order valence-corrected chi connectivity index (χ2v) is 18.9. The van der Waals surface area contributed by atoms with Crippen LogP contribution in [0.3, 0.4) is 0 Å². The van der Waals surface area contributed by atoms with Crippen LogP contribution in [-0.4, -0.2) is 131 Å². The Morgan fingerprint density at radius 3 is 1.45 bits per heavy atom. The Hall–Kier alpha value is -5.86. The molecule has 0 bridgehead atoms. The number of hydrogen-bond acceptors (Lipinski definition) is 12. The lowest BCUT2D eigenvalue weighted by Gasteiger charge is -2.46. The average Bonchev–Trinajstić information content (AvgIpc) is 3.35. The number of likely N-dealkylation sites (N-methyl/N-ethyl adjacent to an activating group) is 2. The van der Waals surface area contributed by atoms with Crippen LogP contribution in [-0.2, 0) is 44.7 Å². The number of hydrogen-bond donors (Lipinski definition) is 0. The van der Waals surface area contributed by atoms with E-state index >= 15 is 0 Å². The first-order chi connectivity index (χ1) is 33.1. The molecule has 4 atom stereocenters. The number of aryl methyl sites for hydroxylation is 1. The summed E-state index contributed by atoms with van der Waals surface area (Å²) in [5.74, 6) is 4.81. The van der Waals surface area contributed by atoms with Gasteiger partial charge >= 0.3 is 11.9 Å². The molecule has 14 heteroatoms. The number of carbonyl (C=O) groups excluding carboxylic acids is 2. The summed E-state index contributed by atoms with van der Waals surface area (Å²) in [5.41, 5.74) is 10.4. The Balaban J connectivity index is 1.04. The van der Waals surface area contributed by atoms with Gasteiger partial charge < -0.3 is 56.3 Å². The second kappa shape index (κ2) is 23.2. The fourth-order valence-electron chi connectivity index (χ4n) is 10.7. The van der Waals surface area contributed by atoms with Crippen LogP contribution in [0.2, 0.25) is 0 Å². The third kappa shape index (κ3) is 11.6. The van der Waals surface area contributed by atoms with Gasteiger partial charge in [-0.05, 0) is 90.6 Å². The molecule has 0 aromatic heterocycles. The monoisotopic (exact) mass is 957 g/mol. The van der Waals surface area contributed by atoms with Crippen molar-refractivity contribution in [2.75, 3.05) is 110 Å². The standard InChI is InChI=1S/C55H76N2O12/c1-35-26-41-19-23-57(5,44(53(41)54(66-12)36(35)2)28-39-29-45(60-6)37(3)46(30-39)61-7)21-15-25-69-52(59)17-16-51(58)68-24-14-20-56(4)22-18-40-33-47(62-8)48(63-9)34-42(40)43(56)27-38-31-49(64-10)55(67-13)50(32-38)65-11/h26,29-34,43-44H,14-25,27-28H2,1-13H3/q+2. The van der Waals surface area contributed by atoms with E-state index in [1.54, 1.807) is 56.9 Å². The topological polar surface area (TPSA) is 126 Å². The lowest BCUT2D eigenvalue weighted by atomic mass is 9.83. The van der Waals surface area contributed by atoms with Gasteiger partial charge in [-0.25, -0.2) is 0 Å². The van der Waals surface area contributed by atoms with Crippen molar-refractivity contribution in [3.05, 3.63) is 92.5 Å². The van der Waals surface area contributed by atoms with Crippen LogP contribution < -0.4 is 37.9 Å². The first-order valence-corrected chi connectivity index (χ1v) is 24.0. The second-order valence-electron chi connectivity index (χ2n) is 18.9. The molecule has 0 radical (unpaired) electrons. The number of benzene rings is 4. The van der Waals surface area contributed by atoms with Gasteiger partial charge in [0, 0.05) is 49.7 Å². The third-order valence-corrected chi connectivity index (χ3v) is 14.8. The van der Waals surface area contributed by atoms with Gasteiger partial charge in [0.05, 0.1) is 129 Å². The minimum atomic E-state index is -0.416. The maximum absolute atomic E-state index is 13.0. The molecule has 2 aliphatic rings. The van der Waals surface area contributed by atoms with Crippen LogP contribution in [0.4, 0.5) is 0 Å². The number of esters is 2. The van der Waals surface area contributed by atoms with E-state index in [2.05, 4.69) is 58.3 Å². The predicted molar refractivity (Wildman–Crippen MR) is 265 cm³/mol. The lowest BCUT2D eigenvalue weighted by Crippen LogP contribution is -2.53. The third-order valence-electron chi connectivity index (χ3n) is 14.8. The van der Waals surface area contributed by atoms with E-state index < -0.39 is 11.9 Å². The SMILES string of the molecule is COc1cc2c(cc1OC)C(Cc1cc(OC)c(OC)c(OC)c1)[N+](C)(CCCOC(=O)CCC(=O)OCCC[N+]1(C)CCc3cc(C)c(C)c(OC)c3C1Cc1cc(OC)c(C)c(OC)c1)CC2. The van der Waals surface area contributed by atoms with Crippen molar-refractivity contribution < 1.29 is 65.9 Å². The molecule has 4 aromatic rings. The fraction of sp³-hybridized carbons (Fsp3) is 0.527. The van der Waals surface area contributed by atoms with Crippen molar-refractivity contribution in [1.82, 2.24) is 0 Å². The molecule has 376 valence electrons. The number of carbonyl (C=O) groups is 2. The summed E-state index contributed by atoms with van der Waals surface area (Å²) in [7, 11) is 17.8. The molecule has 0 amide bonds. The Morgan fingerprint density at radius 1 is 0.507 bits per heavy atom. The van der Waals surface area contributed by atoms with E-state index in [4.69, 9.17) is 47.4 Å². The smallest absolute Gasteiger partial charge is 0.306 e. The zero-order valence-electron chi connectivity index (χ0n) is 43.4. The van der Waals surface area contributed by atoms with Crippen LogP contribution in [0.25, 0.3) is 0 Å². The van der Waals surface area contributed by atoms with E-state index in [9.17, 15) is 9.59 Å². The Bertz CT molecular complexity index is 2400. The number of fused-ring (bicyclic) bond motifs is 2. The van der Waals surface area contributed by atoms with Crippen molar-refractivity contribution in [2.24, 2.45) is 0 Å². The van der Waals surface area contributed by atoms with Gasteiger partial charge in [-0.1, -0.05) is 6.07 Å². The highest BCUT2D eigenvalue weighted by Gasteiger charge is 2.43. The van der Waals surface area contributed by atoms with Crippen LogP contribution in [0.1, 0.15) is 87.8 Å². The molecule has 2 heterocycles. The van der Waals surface area contributed by atoms with Crippen molar-refractivity contribution in [3.63, 3.8) is 0 Å². The molecule has 2 aliphatic heterocycles. The molecule has 0 aliphatic carbocycles. The molecule has 0 saturated heterocycles. The summed E-state index contributed by atoms with van der Waals surface area (Å²) in [4.78, 5) is 26.0. The van der Waals surface area contributed by atoms with Gasteiger partial charge in [0.1, 0.15) is 29.3 Å². The highest BCUT2D eigenvalue weighted by atomic mass is 16.5. The van der Waals surface area contributed by atoms with E-state index in [0.29, 0.717) is 52.5 Å². The van der Waals surface area contributed by atoms with Gasteiger partial charge in [-0.2, -0.15) is 0 Å². The maximum atomic E-state index is 13.0. The molecule has 0 spiro atoms. The molecular formula is C55H76N2O12+2. The quantitative estimate of drug-likeness (QED) is 0.0402. The van der Waals surface area contributed by atoms with Gasteiger partial charge in [-0.15, -0.1) is 0 Å². The fourth-order valence-corrected chi connectivity index (χ4v) is 10.7. The molecule has 0 fully saturated rings. The largest absolute Gasteiger partial charge is 0.496 e. The highest BCUT2D eigenvalue weighted by Crippen LogP contribution is 2.47. The van der Waals surface area contributed by atoms with E-state index in [1.165, 1.54) is 27.8 Å². The lowest BCUT2D eigenvalue weighted by molar-refractivity contribution is -0.941. The van der Waals surface area contributed by atoms with Crippen LogP contribution in [0, 0.1) is 20.8 Å². The summed E-state index contributed by atoms with van der Waals surface area (Å²) >= 11 is 0. The molecular weight excluding hydrogens is 881 g/mol. The summed E-state index contributed by atoms with van der Waals surface area (Å²) in [6.45, 7) is 10.1. The maximum Gasteiger partial charge on any atom is 0.306 e. The average molecular weight is 957 g/mol. The minimum Gasteiger partial charge on any atom is -0.496 e. The predicted octanol–water partition coefficient (Wildman–Crippen LogP) is 8.60. The summed E-state index contributed by atoms with van der Waals surface area (Å²) in [6, 6.07) is 14.8. The van der Waals surface area contributed by atoms with Gasteiger partial charge in [0.25, 0.3) is 0 Å². The molecule has 14 nitrogen and oxygen atoms in total. The van der Waals surface area contributed by atoms with Gasteiger partial charge in [-0.3, -0.25) is 9.59 Å². The molecule has 4 aromatic carbocycles. The zero-order valence-corrected chi connectivity index (χ0v) is 43.4. The normalized spacial score (nSPS) is 19.4. The highest BCUT2D eigenvalue weighted by molar-refractivity contribution is 5.77. The minimum absolute atomic E-state index is 0.0285. The Labute approximate surface area is 409 Å². The van der Waals surface area contributed by atoms with Crippen LogP contribution >= 0.6 is 0 Å². The van der Waals surface area contributed by atoms with Gasteiger partial charge in [0.2, 0.25) is 5.75 Å². The summed E-state index contributed by atoms with van der Waals surface area (Å²) < 4.78 is 59.0. The number of ether oxygens (including phenoxy) is 10. The van der Waals surface area contributed by atoms with Crippen molar-refractivity contribution in [1.29, 1.82) is 0 Å². The molecule has 0 saturated carbocycles. The molecule has 69 heavy (non-hydrogen) atoms. The summed E-state index contributed by atoms with van der Waals surface area (Å²) in [6.07, 6.45) is 4.39. The zero-order chi connectivity index (χ0) is 50.0. The van der Waals surface area contributed by atoms with Crippen molar-refractivity contribution in [2.45, 2.75) is 84.2 Å². The first kappa shape index (κ1) is 52.5. The first-order valence-electron chi connectivity index (χ1n) is 24.0. The Kier molecular flexibility index (Phi) is 17.6. The van der Waals surface area contributed by atoms with Crippen LogP contribution in [0.15, 0.2) is 42.5 Å². The number of rotatable bonds is 23. The number of quaternary nitrogens is 2. The summed E-state index contributed by atoms with van der Waals surface area (Å²) in [5, 5.41) is 0. The number of methoxy groups -OCH3 is 8. The van der Waals surface area contributed by atoms with E-state index in [0.717, 1.165) is 89.4 Å².